The summed E-state index contributed by atoms with van der Waals surface area (Å²) in [5.41, 5.74) is 8.88. The topological polar surface area (TPSA) is 59.6 Å². The maximum Gasteiger partial charge on any atom is 0.188 e. The van der Waals surface area contributed by atoms with E-state index in [-0.39, 0.29) is 5.41 Å². The summed E-state index contributed by atoms with van der Waals surface area (Å²) in [4.78, 5) is 4.52. The molecular weight excluding hydrogens is 250 g/mol. The normalized spacial score (nSPS) is 22.4. The Balaban J connectivity index is 2.03. The van der Waals surface area contributed by atoms with Crippen LogP contribution in [-0.4, -0.2) is 32.8 Å². The van der Waals surface area contributed by atoms with Crippen LogP contribution in [-0.2, 0) is 16.6 Å². The Morgan fingerprint density at radius 3 is 3.05 bits per heavy atom. The fourth-order valence-electron chi connectivity index (χ4n) is 2.89. The highest BCUT2D eigenvalue weighted by Gasteiger charge is 2.31. The van der Waals surface area contributed by atoms with Gasteiger partial charge in [-0.3, -0.25) is 4.99 Å². The molecule has 1 aliphatic carbocycles. The number of hydrogen-bond donors (Lipinski definition) is 2. The van der Waals surface area contributed by atoms with Crippen LogP contribution in [0, 0.1) is 0 Å². The summed E-state index contributed by atoms with van der Waals surface area (Å²) >= 11 is 0. The average Bonchev–Trinajstić information content (AvgIpc) is 2.46. The molecule has 2 rings (SSSR count). The molecule has 0 fully saturated rings. The van der Waals surface area contributed by atoms with E-state index in [9.17, 15) is 0 Å². The Labute approximate surface area is 121 Å². The second-order valence-corrected chi connectivity index (χ2v) is 5.69. The highest BCUT2D eigenvalue weighted by Crippen LogP contribution is 2.37. The number of guanidine groups is 1. The van der Waals surface area contributed by atoms with Gasteiger partial charge in [0.1, 0.15) is 0 Å². The molecule has 1 unspecified atom stereocenters. The van der Waals surface area contributed by atoms with Crippen LogP contribution in [0.2, 0.25) is 0 Å². The summed E-state index contributed by atoms with van der Waals surface area (Å²) < 4.78 is 4.98. The lowest BCUT2D eigenvalue weighted by Crippen LogP contribution is -2.37. The Morgan fingerprint density at radius 1 is 1.45 bits per heavy atom. The first-order valence-electron chi connectivity index (χ1n) is 7.27. The summed E-state index contributed by atoms with van der Waals surface area (Å²) in [6.45, 7) is 4.35. The van der Waals surface area contributed by atoms with Crippen LogP contribution in [0.15, 0.2) is 29.3 Å². The van der Waals surface area contributed by atoms with Crippen molar-refractivity contribution in [3.63, 3.8) is 0 Å². The van der Waals surface area contributed by atoms with Crippen molar-refractivity contribution in [3.05, 3.63) is 35.4 Å². The molecule has 1 atom stereocenters. The summed E-state index contributed by atoms with van der Waals surface area (Å²) in [5, 5.41) is 3.07. The molecule has 3 N–H and O–H groups in total. The van der Waals surface area contributed by atoms with Gasteiger partial charge in [0.15, 0.2) is 5.96 Å². The van der Waals surface area contributed by atoms with Crippen LogP contribution in [0.5, 0.6) is 0 Å². The lowest BCUT2D eigenvalue weighted by atomic mass is 9.71. The number of benzene rings is 1. The SMILES string of the molecule is COCCNC(N)=NCC1(C)CCCc2ccccc21. The van der Waals surface area contributed by atoms with Gasteiger partial charge in [0.05, 0.1) is 13.2 Å². The molecule has 0 heterocycles. The maximum absolute atomic E-state index is 5.89. The van der Waals surface area contributed by atoms with Crippen molar-refractivity contribution in [3.8, 4) is 0 Å². The minimum Gasteiger partial charge on any atom is -0.383 e. The highest BCUT2D eigenvalue weighted by atomic mass is 16.5. The largest absolute Gasteiger partial charge is 0.383 e. The molecule has 4 heteroatoms. The number of aryl methyl sites for hydroxylation is 1. The number of hydrogen-bond acceptors (Lipinski definition) is 2. The van der Waals surface area contributed by atoms with Crippen molar-refractivity contribution in [2.45, 2.75) is 31.6 Å². The fraction of sp³-hybridized carbons (Fsp3) is 0.562. The second-order valence-electron chi connectivity index (χ2n) is 5.69. The van der Waals surface area contributed by atoms with E-state index in [0.717, 1.165) is 6.54 Å². The Hall–Kier alpha value is -1.55. The summed E-state index contributed by atoms with van der Waals surface area (Å²) in [6, 6.07) is 8.70. The van der Waals surface area contributed by atoms with Gasteiger partial charge in [0.2, 0.25) is 0 Å². The van der Waals surface area contributed by atoms with Crippen LogP contribution in [0.1, 0.15) is 30.9 Å². The quantitative estimate of drug-likeness (QED) is 0.489. The molecule has 1 aromatic carbocycles. The number of rotatable bonds is 5. The maximum atomic E-state index is 5.89. The predicted molar refractivity (Wildman–Crippen MR) is 83.1 cm³/mol. The zero-order valence-electron chi connectivity index (χ0n) is 12.5. The number of methoxy groups -OCH3 is 1. The van der Waals surface area contributed by atoms with Crippen molar-refractivity contribution in [2.75, 3.05) is 26.8 Å². The minimum atomic E-state index is 0.0996. The first-order chi connectivity index (χ1) is 9.65. The average molecular weight is 275 g/mol. The van der Waals surface area contributed by atoms with Crippen LogP contribution >= 0.6 is 0 Å². The third-order valence-corrected chi connectivity index (χ3v) is 4.05. The van der Waals surface area contributed by atoms with E-state index in [0.29, 0.717) is 19.1 Å². The molecule has 0 radical (unpaired) electrons. The van der Waals surface area contributed by atoms with Crippen LogP contribution in [0.4, 0.5) is 0 Å². The predicted octanol–water partition coefficient (Wildman–Crippen LogP) is 1.83. The lowest BCUT2D eigenvalue weighted by molar-refractivity contribution is 0.204. The smallest absolute Gasteiger partial charge is 0.188 e. The third kappa shape index (κ3) is 3.51. The van der Waals surface area contributed by atoms with Crippen LogP contribution in [0.25, 0.3) is 0 Å². The van der Waals surface area contributed by atoms with Gasteiger partial charge in [-0.1, -0.05) is 31.2 Å². The molecule has 110 valence electrons. The van der Waals surface area contributed by atoms with Gasteiger partial charge < -0.3 is 15.8 Å². The number of ether oxygens (including phenoxy) is 1. The first kappa shape index (κ1) is 14.9. The molecule has 1 aromatic rings. The Bertz CT molecular complexity index is 473. The fourth-order valence-corrected chi connectivity index (χ4v) is 2.89. The van der Waals surface area contributed by atoms with Crippen molar-refractivity contribution in [2.24, 2.45) is 10.7 Å². The lowest BCUT2D eigenvalue weighted by Gasteiger charge is -2.34. The summed E-state index contributed by atoms with van der Waals surface area (Å²) in [7, 11) is 1.68. The second kappa shape index (κ2) is 6.75. The Morgan fingerprint density at radius 2 is 2.25 bits per heavy atom. The van der Waals surface area contributed by atoms with Gasteiger partial charge in [-0.15, -0.1) is 0 Å². The van der Waals surface area contributed by atoms with E-state index in [4.69, 9.17) is 10.5 Å². The van der Waals surface area contributed by atoms with E-state index in [1.54, 1.807) is 7.11 Å². The molecule has 4 nitrogen and oxygen atoms in total. The molecule has 0 aromatic heterocycles. The molecule has 0 saturated heterocycles. The van der Waals surface area contributed by atoms with E-state index in [1.807, 2.05) is 0 Å². The van der Waals surface area contributed by atoms with Gasteiger partial charge >= 0.3 is 0 Å². The van der Waals surface area contributed by atoms with Crippen LogP contribution in [0.3, 0.4) is 0 Å². The van der Waals surface area contributed by atoms with Gasteiger partial charge in [0.25, 0.3) is 0 Å². The molecule has 0 amide bonds. The van der Waals surface area contributed by atoms with Gasteiger partial charge in [-0.05, 0) is 30.4 Å². The Kier molecular flexibility index (Phi) is 5.01. The van der Waals surface area contributed by atoms with Gasteiger partial charge in [0, 0.05) is 19.1 Å². The molecular formula is C16H25N3O. The van der Waals surface area contributed by atoms with E-state index in [2.05, 4.69) is 41.5 Å². The highest BCUT2D eigenvalue weighted by molar-refractivity contribution is 5.77. The van der Waals surface area contributed by atoms with Crippen LogP contribution < -0.4 is 11.1 Å². The number of nitrogens with two attached hydrogens (primary N) is 1. The zero-order valence-corrected chi connectivity index (χ0v) is 12.5. The van der Waals surface area contributed by atoms with E-state index in [1.165, 1.54) is 30.4 Å². The molecule has 1 aliphatic rings. The number of nitrogens with one attached hydrogen (secondary N) is 1. The number of fused-ring (bicyclic) bond motifs is 1. The van der Waals surface area contributed by atoms with Crippen molar-refractivity contribution >= 4 is 5.96 Å². The zero-order chi connectivity index (χ0) is 14.4. The van der Waals surface area contributed by atoms with Crippen molar-refractivity contribution in [1.82, 2.24) is 5.32 Å². The molecule has 0 saturated carbocycles. The number of aliphatic imine (C=N–C) groups is 1. The molecule has 0 aliphatic heterocycles. The minimum absolute atomic E-state index is 0.0996. The van der Waals surface area contributed by atoms with Crippen molar-refractivity contribution in [1.29, 1.82) is 0 Å². The molecule has 0 spiro atoms. The first-order valence-corrected chi connectivity index (χ1v) is 7.27. The van der Waals surface area contributed by atoms with E-state index >= 15 is 0 Å². The number of nitrogens with zero attached hydrogens (tertiary/aromatic N) is 1. The molecule has 20 heavy (non-hydrogen) atoms. The monoisotopic (exact) mass is 275 g/mol. The third-order valence-electron chi connectivity index (χ3n) is 4.05. The van der Waals surface area contributed by atoms with Gasteiger partial charge in [-0.2, -0.15) is 0 Å². The summed E-state index contributed by atoms with van der Waals surface area (Å²) in [5.74, 6) is 0.506. The summed E-state index contributed by atoms with van der Waals surface area (Å²) in [6.07, 6.45) is 3.57. The standard InChI is InChI=1S/C16H25N3O/c1-16(12-19-15(17)18-10-11-20-2)9-5-7-13-6-3-4-8-14(13)16/h3-4,6,8H,5,7,9-12H2,1-2H3,(H3,17,18,19). The van der Waals surface area contributed by atoms with E-state index < -0.39 is 0 Å². The van der Waals surface area contributed by atoms with Gasteiger partial charge in [-0.25, -0.2) is 0 Å². The van der Waals surface area contributed by atoms with Crippen molar-refractivity contribution < 1.29 is 4.74 Å². The molecule has 0 bridgehead atoms.